The van der Waals surface area contributed by atoms with Crippen LogP contribution in [0.15, 0.2) is 11.8 Å². The molecule has 12 heavy (non-hydrogen) atoms. The summed E-state index contributed by atoms with van der Waals surface area (Å²) >= 11 is 1.38. The fraction of sp³-hybridized carbons (Fsp3) is 0.500. The van der Waals surface area contributed by atoms with E-state index in [0.717, 1.165) is 0 Å². The third-order valence-corrected chi connectivity index (χ3v) is 2.39. The minimum absolute atomic E-state index is 0.0510. The van der Waals surface area contributed by atoms with Crippen LogP contribution >= 0.6 is 11.8 Å². The standard InChI is InChI=1S/C8H11NO2S/c1-9(2)3-6-7(10)4-12-5-8(6)11/h3H,4-5H2,1-2H3. The maximum absolute atomic E-state index is 11.2. The van der Waals surface area contributed by atoms with Gasteiger partial charge in [0, 0.05) is 20.3 Å². The van der Waals surface area contributed by atoms with Crippen LogP contribution in [0.1, 0.15) is 0 Å². The van der Waals surface area contributed by atoms with Gasteiger partial charge in [-0.1, -0.05) is 0 Å². The number of hydrogen-bond donors (Lipinski definition) is 0. The molecule has 0 unspecified atom stereocenters. The molecule has 0 N–H and O–H groups in total. The molecule has 0 amide bonds. The highest BCUT2D eigenvalue weighted by molar-refractivity contribution is 8.00. The fourth-order valence-electron chi connectivity index (χ4n) is 0.950. The largest absolute Gasteiger partial charge is 0.383 e. The lowest BCUT2D eigenvalue weighted by Gasteiger charge is -2.13. The summed E-state index contributed by atoms with van der Waals surface area (Å²) in [6, 6.07) is 0. The molecule has 1 fully saturated rings. The molecule has 0 aliphatic carbocycles. The van der Waals surface area contributed by atoms with Gasteiger partial charge in [-0.15, -0.1) is 11.8 Å². The predicted octanol–water partition coefficient (Wildman–Crippen LogP) is 0.317. The average molecular weight is 185 g/mol. The first-order valence-electron chi connectivity index (χ1n) is 3.63. The molecule has 3 nitrogen and oxygen atoms in total. The Labute approximate surface area is 75.8 Å². The SMILES string of the molecule is CN(C)C=C1C(=O)CSCC1=O. The molecule has 1 saturated heterocycles. The highest BCUT2D eigenvalue weighted by atomic mass is 32.2. The molecule has 1 rings (SSSR count). The summed E-state index contributed by atoms with van der Waals surface area (Å²) in [4.78, 5) is 24.1. The van der Waals surface area contributed by atoms with E-state index in [0.29, 0.717) is 17.1 Å². The minimum atomic E-state index is -0.0510. The van der Waals surface area contributed by atoms with Crippen molar-refractivity contribution in [3.05, 3.63) is 11.8 Å². The molecule has 0 radical (unpaired) electrons. The van der Waals surface area contributed by atoms with Crippen molar-refractivity contribution in [1.82, 2.24) is 4.90 Å². The molecule has 0 bridgehead atoms. The fourth-order valence-corrected chi connectivity index (χ4v) is 1.73. The van der Waals surface area contributed by atoms with Crippen molar-refractivity contribution >= 4 is 23.3 Å². The van der Waals surface area contributed by atoms with Crippen molar-refractivity contribution in [3.63, 3.8) is 0 Å². The molecular weight excluding hydrogens is 174 g/mol. The van der Waals surface area contributed by atoms with Crippen molar-refractivity contribution < 1.29 is 9.59 Å². The topological polar surface area (TPSA) is 37.4 Å². The molecule has 66 valence electrons. The Kier molecular flexibility index (Phi) is 2.92. The zero-order valence-electron chi connectivity index (χ0n) is 7.16. The first kappa shape index (κ1) is 9.32. The molecule has 4 heteroatoms. The Hall–Kier alpha value is -0.770. The number of allylic oxidation sites excluding steroid dienone is 1. The number of hydrogen-bond acceptors (Lipinski definition) is 4. The van der Waals surface area contributed by atoms with Crippen LogP contribution in [-0.2, 0) is 9.59 Å². The van der Waals surface area contributed by atoms with E-state index in [1.54, 1.807) is 25.2 Å². The second kappa shape index (κ2) is 3.76. The van der Waals surface area contributed by atoms with E-state index in [-0.39, 0.29) is 11.6 Å². The zero-order valence-corrected chi connectivity index (χ0v) is 7.98. The van der Waals surface area contributed by atoms with Gasteiger partial charge in [-0.2, -0.15) is 0 Å². The Morgan fingerprint density at radius 1 is 1.25 bits per heavy atom. The average Bonchev–Trinajstić information content (AvgIpc) is 1.97. The second-order valence-electron chi connectivity index (χ2n) is 2.85. The first-order valence-corrected chi connectivity index (χ1v) is 4.79. The van der Waals surface area contributed by atoms with Crippen LogP contribution in [0.4, 0.5) is 0 Å². The van der Waals surface area contributed by atoms with Crippen molar-refractivity contribution in [2.75, 3.05) is 25.6 Å². The molecular formula is C8H11NO2S. The second-order valence-corrected chi connectivity index (χ2v) is 3.83. The molecule has 1 aliphatic rings. The highest BCUT2D eigenvalue weighted by Gasteiger charge is 2.23. The Balaban J connectivity index is 2.83. The van der Waals surface area contributed by atoms with Gasteiger partial charge in [0.05, 0.1) is 17.1 Å². The third kappa shape index (κ3) is 2.11. The molecule has 1 heterocycles. The van der Waals surface area contributed by atoms with E-state index >= 15 is 0 Å². The van der Waals surface area contributed by atoms with Gasteiger partial charge in [0.25, 0.3) is 0 Å². The smallest absolute Gasteiger partial charge is 0.177 e. The maximum Gasteiger partial charge on any atom is 0.177 e. The van der Waals surface area contributed by atoms with Gasteiger partial charge in [0.15, 0.2) is 11.6 Å². The summed E-state index contributed by atoms with van der Waals surface area (Å²) < 4.78 is 0. The van der Waals surface area contributed by atoms with E-state index in [4.69, 9.17) is 0 Å². The number of carbonyl (C=O) groups is 2. The molecule has 0 aromatic heterocycles. The van der Waals surface area contributed by atoms with Crippen LogP contribution in [0.2, 0.25) is 0 Å². The van der Waals surface area contributed by atoms with Crippen LogP contribution < -0.4 is 0 Å². The summed E-state index contributed by atoms with van der Waals surface area (Å²) in [5.41, 5.74) is 0.346. The van der Waals surface area contributed by atoms with Crippen LogP contribution in [0.25, 0.3) is 0 Å². The lowest BCUT2D eigenvalue weighted by molar-refractivity contribution is -0.119. The highest BCUT2D eigenvalue weighted by Crippen LogP contribution is 2.15. The summed E-state index contributed by atoms with van der Waals surface area (Å²) in [6.45, 7) is 0. The van der Waals surface area contributed by atoms with Gasteiger partial charge in [-0.25, -0.2) is 0 Å². The maximum atomic E-state index is 11.2. The van der Waals surface area contributed by atoms with Gasteiger partial charge in [-0.05, 0) is 0 Å². The number of thioether (sulfide) groups is 1. The summed E-state index contributed by atoms with van der Waals surface area (Å²) in [7, 11) is 3.60. The predicted molar refractivity (Wildman–Crippen MR) is 49.1 cm³/mol. The first-order chi connectivity index (χ1) is 5.61. The number of carbonyl (C=O) groups excluding carboxylic acids is 2. The molecule has 0 aromatic carbocycles. The molecule has 0 atom stereocenters. The normalized spacial score (nSPS) is 18.0. The van der Waals surface area contributed by atoms with E-state index < -0.39 is 0 Å². The van der Waals surface area contributed by atoms with Crippen molar-refractivity contribution in [2.24, 2.45) is 0 Å². The molecule has 0 aromatic rings. The van der Waals surface area contributed by atoms with Gasteiger partial charge < -0.3 is 4.90 Å². The Morgan fingerprint density at radius 3 is 2.17 bits per heavy atom. The van der Waals surface area contributed by atoms with E-state index in [1.807, 2.05) is 0 Å². The van der Waals surface area contributed by atoms with Crippen LogP contribution in [-0.4, -0.2) is 42.1 Å². The van der Waals surface area contributed by atoms with E-state index in [2.05, 4.69) is 0 Å². The zero-order chi connectivity index (χ0) is 9.14. The van der Waals surface area contributed by atoms with E-state index in [1.165, 1.54) is 11.8 Å². The number of Topliss-reactive ketones (excluding diaryl/α,β-unsaturated/α-hetero) is 2. The number of nitrogens with zero attached hydrogens (tertiary/aromatic N) is 1. The summed E-state index contributed by atoms with van der Waals surface area (Å²) in [5.74, 6) is 0.770. The van der Waals surface area contributed by atoms with Gasteiger partial charge in [0.1, 0.15) is 0 Å². The van der Waals surface area contributed by atoms with Gasteiger partial charge >= 0.3 is 0 Å². The quantitative estimate of drug-likeness (QED) is 0.435. The van der Waals surface area contributed by atoms with Crippen molar-refractivity contribution in [2.45, 2.75) is 0 Å². The molecule has 0 saturated carbocycles. The third-order valence-electron chi connectivity index (χ3n) is 1.45. The van der Waals surface area contributed by atoms with Gasteiger partial charge in [-0.3, -0.25) is 9.59 Å². The summed E-state index contributed by atoms with van der Waals surface area (Å²) in [5, 5.41) is 0. The minimum Gasteiger partial charge on any atom is -0.383 e. The van der Waals surface area contributed by atoms with Gasteiger partial charge in [0.2, 0.25) is 0 Å². The lowest BCUT2D eigenvalue weighted by atomic mass is 10.1. The van der Waals surface area contributed by atoms with Crippen molar-refractivity contribution in [3.8, 4) is 0 Å². The summed E-state index contributed by atoms with van der Waals surface area (Å²) in [6.07, 6.45) is 1.60. The lowest BCUT2D eigenvalue weighted by Crippen LogP contribution is -2.24. The van der Waals surface area contributed by atoms with E-state index in [9.17, 15) is 9.59 Å². The Morgan fingerprint density at radius 2 is 1.75 bits per heavy atom. The number of ketones is 2. The van der Waals surface area contributed by atoms with Crippen LogP contribution in [0.5, 0.6) is 0 Å². The van der Waals surface area contributed by atoms with Crippen LogP contribution in [0.3, 0.4) is 0 Å². The van der Waals surface area contributed by atoms with Crippen molar-refractivity contribution in [1.29, 1.82) is 0 Å². The monoisotopic (exact) mass is 185 g/mol. The number of rotatable bonds is 1. The Bertz CT molecular complexity index is 227. The molecule has 0 spiro atoms. The van der Waals surface area contributed by atoms with Crippen LogP contribution in [0, 0.1) is 0 Å². The molecule has 1 aliphatic heterocycles.